The fraction of sp³-hybridized carbons (Fsp3) is 0.174. The summed E-state index contributed by atoms with van der Waals surface area (Å²) in [5.41, 5.74) is 5.45. The molecule has 3 heterocycles. The Bertz CT molecular complexity index is 1110. The van der Waals surface area contributed by atoms with Crippen molar-refractivity contribution in [2.45, 2.75) is 26.9 Å². The zero-order chi connectivity index (χ0) is 20.2. The third-order valence-corrected chi connectivity index (χ3v) is 4.95. The van der Waals surface area contributed by atoms with Crippen molar-refractivity contribution in [3.63, 3.8) is 0 Å². The first-order valence-electron chi connectivity index (χ1n) is 9.54. The van der Waals surface area contributed by atoms with Crippen LogP contribution in [0.3, 0.4) is 0 Å². The number of pyridine rings is 1. The molecule has 0 saturated heterocycles. The molecular weight excluding hydrogens is 362 g/mol. The second-order valence-corrected chi connectivity index (χ2v) is 7.05. The number of amides is 1. The first-order valence-corrected chi connectivity index (χ1v) is 9.54. The van der Waals surface area contributed by atoms with Gasteiger partial charge in [-0.3, -0.25) is 14.5 Å². The average molecular weight is 385 g/mol. The molecule has 0 bridgehead atoms. The van der Waals surface area contributed by atoms with Gasteiger partial charge in [-0.2, -0.15) is 5.10 Å². The van der Waals surface area contributed by atoms with Crippen LogP contribution in [0.25, 0.3) is 0 Å². The normalized spacial score (nSPS) is 10.8. The van der Waals surface area contributed by atoms with Crippen molar-refractivity contribution in [3.8, 4) is 0 Å². The second-order valence-electron chi connectivity index (χ2n) is 7.05. The van der Waals surface area contributed by atoms with Crippen LogP contribution in [0.4, 0.5) is 5.69 Å². The number of anilines is 1. The van der Waals surface area contributed by atoms with Gasteiger partial charge in [0.05, 0.1) is 24.3 Å². The predicted molar refractivity (Wildman–Crippen MR) is 113 cm³/mol. The highest BCUT2D eigenvalue weighted by atomic mass is 16.1. The van der Waals surface area contributed by atoms with Crippen molar-refractivity contribution in [1.82, 2.24) is 19.3 Å². The summed E-state index contributed by atoms with van der Waals surface area (Å²) in [6, 6.07) is 17.5. The summed E-state index contributed by atoms with van der Waals surface area (Å²) >= 11 is 0. The lowest BCUT2D eigenvalue weighted by Gasteiger charge is -2.10. The number of rotatable bonds is 6. The lowest BCUT2D eigenvalue weighted by atomic mass is 10.2. The van der Waals surface area contributed by atoms with Gasteiger partial charge in [0.15, 0.2) is 0 Å². The molecule has 1 aromatic carbocycles. The molecule has 146 valence electrons. The molecule has 0 unspecified atom stereocenters. The number of hydrogen-bond acceptors (Lipinski definition) is 3. The first kappa shape index (κ1) is 18.7. The smallest absolute Gasteiger partial charge is 0.257 e. The summed E-state index contributed by atoms with van der Waals surface area (Å²) in [4.78, 5) is 17.3. The van der Waals surface area contributed by atoms with E-state index in [9.17, 15) is 4.79 Å². The van der Waals surface area contributed by atoms with E-state index in [1.54, 1.807) is 12.4 Å². The molecule has 6 nitrogen and oxygen atoms in total. The lowest BCUT2D eigenvalue weighted by Crippen LogP contribution is -2.14. The Balaban J connectivity index is 1.51. The number of carbonyl (C=O) groups is 1. The van der Waals surface area contributed by atoms with E-state index in [0.29, 0.717) is 18.7 Å². The van der Waals surface area contributed by atoms with Gasteiger partial charge in [-0.15, -0.1) is 0 Å². The van der Waals surface area contributed by atoms with Gasteiger partial charge in [-0.1, -0.05) is 18.2 Å². The highest BCUT2D eigenvalue weighted by Gasteiger charge is 2.16. The van der Waals surface area contributed by atoms with Crippen LogP contribution in [0.15, 0.2) is 73.2 Å². The second kappa shape index (κ2) is 8.14. The fourth-order valence-corrected chi connectivity index (χ4v) is 3.45. The topological polar surface area (TPSA) is 64.7 Å². The molecule has 0 aliphatic heterocycles. The molecule has 0 spiro atoms. The fourth-order valence-electron chi connectivity index (χ4n) is 3.45. The number of hydrogen-bond donors (Lipinski definition) is 1. The van der Waals surface area contributed by atoms with E-state index < -0.39 is 0 Å². The van der Waals surface area contributed by atoms with Gasteiger partial charge in [0.25, 0.3) is 5.91 Å². The number of carbonyl (C=O) groups excluding carboxylic acids is 1. The van der Waals surface area contributed by atoms with Crippen LogP contribution >= 0.6 is 0 Å². The first-order chi connectivity index (χ1) is 14.1. The van der Waals surface area contributed by atoms with Crippen molar-refractivity contribution in [1.29, 1.82) is 0 Å². The Labute approximate surface area is 169 Å². The van der Waals surface area contributed by atoms with Crippen LogP contribution in [0.5, 0.6) is 0 Å². The van der Waals surface area contributed by atoms with E-state index in [1.165, 1.54) is 0 Å². The monoisotopic (exact) mass is 385 g/mol. The Morgan fingerprint density at radius 1 is 1.00 bits per heavy atom. The summed E-state index contributed by atoms with van der Waals surface area (Å²) in [7, 11) is 0. The third kappa shape index (κ3) is 4.27. The maximum atomic E-state index is 12.9. The van der Waals surface area contributed by atoms with Gasteiger partial charge in [0.2, 0.25) is 0 Å². The van der Waals surface area contributed by atoms with Crippen molar-refractivity contribution >= 4 is 11.6 Å². The minimum absolute atomic E-state index is 0.110. The summed E-state index contributed by atoms with van der Waals surface area (Å²) in [6.45, 7) is 5.29. The number of nitrogens with one attached hydrogen (secondary N) is 1. The van der Waals surface area contributed by atoms with Gasteiger partial charge < -0.3 is 9.88 Å². The van der Waals surface area contributed by atoms with Crippen molar-refractivity contribution in [2.24, 2.45) is 0 Å². The van der Waals surface area contributed by atoms with Gasteiger partial charge >= 0.3 is 0 Å². The summed E-state index contributed by atoms with van der Waals surface area (Å²) in [6.07, 6.45) is 5.46. The summed E-state index contributed by atoms with van der Waals surface area (Å²) < 4.78 is 3.97. The molecule has 29 heavy (non-hydrogen) atoms. The van der Waals surface area contributed by atoms with Crippen molar-refractivity contribution in [3.05, 3.63) is 101 Å². The van der Waals surface area contributed by atoms with Crippen LogP contribution < -0.4 is 5.32 Å². The maximum Gasteiger partial charge on any atom is 0.257 e. The molecule has 0 atom stereocenters. The molecule has 3 aromatic heterocycles. The molecule has 4 aromatic rings. The van der Waals surface area contributed by atoms with E-state index in [0.717, 1.165) is 28.3 Å². The third-order valence-electron chi connectivity index (χ3n) is 4.95. The number of aryl methyl sites for hydroxylation is 1. The summed E-state index contributed by atoms with van der Waals surface area (Å²) in [5.74, 6) is -0.110. The number of benzene rings is 1. The number of aromatic nitrogens is 4. The highest BCUT2D eigenvalue weighted by Crippen LogP contribution is 2.19. The molecule has 0 saturated carbocycles. The number of nitrogens with zero attached hydrogens (tertiary/aromatic N) is 4. The maximum absolute atomic E-state index is 12.9. The van der Waals surface area contributed by atoms with Gasteiger partial charge in [0.1, 0.15) is 0 Å². The quantitative estimate of drug-likeness (QED) is 0.545. The van der Waals surface area contributed by atoms with E-state index in [4.69, 9.17) is 0 Å². The van der Waals surface area contributed by atoms with Gasteiger partial charge in [0, 0.05) is 35.7 Å². The van der Waals surface area contributed by atoms with Crippen LogP contribution in [-0.2, 0) is 13.1 Å². The largest absolute Gasteiger partial charge is 0.342 e. The summed E-state index contributed by atoms with van der Waals surface area (Å²) in [5, 5.41) is 7.26. The van der Waals surface area contributed by atoms with Crippen molar-refractivity contribution < 1.29 is 4.79 Å². The SMILES string of the molecule is Cc1cc(C(=O)Nc2cccc(Cn3cccn3)c2)c(C)n1Cc1ccccn1. The molecule has 4 rings (SSSR count). The van der Waals surface area contributed by atoms with Gasteiger partial charge in [-0.25, -0.2) is 0 Å². The lowest BCUT2D eigenvalue weighted by molar-refractivity contribution is 0.102. The highest BCUT2D eigenvalue weighted by molar-refractivity contribution is 6.05. The Morgan fingerprint density at radius 2 is 1.90 bits per heavy atom. The van der Waals surface area contributed by atoms with Crippen LogP contribution in [0.2, 0.25) is 0 Å². The Morgan fingerprint density at radius 3 is 2.66 bits per heavy atom. The molecule has 0 aliphatic carbocycles. The average Bonchev–Trinajstić information content (AvgIpc) is 3.32. The van der Waals surface area contributed by atoms with E-state index in [2.05, 4.69) is 20.0 Å². The van der Waals surface area contributed by atoms with Crippen molar-refractivity contribution in [2.75, 3.05) is 5.32 Å². The van der Waals surface area contributed by atoms with E-state index >= 15 is 0 Å². The van der Waals surface area contributed by atoms with Crippen LogP contribution in [0, 0.1) is 13.8 Å². The molecule has 1 N–H and O–H groups in total. The minimum atomic E-state index is -0.110. The standard InChI is InChI=1S/C23H23N5O/c1-17-13-22(18(2)28(17)16-21-8-3-4-10-24-21)23(29)26-20-9-5-7-19(14-20)15-27-12-6-11-25-27/h3-14H,15-16H2,1-2H3,(H,26,29). The minimum Gasteiger partial charge on any atom is -0.342 e. The molecule has 0 aliphatic rings. The van der Waals surface area contributed by atoms with Gasteiger partial charge in [-0.05, 0) is 55.8 Å². The predicted octanol–water partition coefficient (Wildman–Crippen LogP) is 4.05. The molecule has 0 radical (unpaired) electrons. The van der Waals surface area contributed by atoms with Crippen LogP contribution in [-0.4, -0.2) is 25.2 Å². The molecule has 6 heteroatoms. The van der Waals surface area contributed by atoms with Crippen LogP contribution in [0.1, 0.15) is 33.0 Å². The molecule has 1 amide bonds. The molecule has 0 fully saturated rings. The zero-order valence-corrected chi connectivity index (χ0v) is 16.5. The Kier molecular flexibility index (Phi) is 5.24. The zero-order valence-electron chi connectivity index (χ0n) is 16.5. The van der Waals surface area contributed by atoms with E-state index in [-0.39, 0.29) is 5.91 Å². The Hall–Kier alpha value is -3.67. The van der Waals surface area contributed by atoms with E-state index in [1.807, 2.05) is 79.3 Å². The molecular formula is C23H23N5O.